The van der Waals surface area contributed by atoms with Crippen LogP contribution in [0.15, 0.2) is 24.3 Å². The minimum absolute atomic E-state index is 0.165. The lowest BCUT2D eigenvalue weighted by Gasteiger charge is -2.12. The molecule has 18 heavy (non-hydrogen) atoms. The number of hydrogen-bond donors (Lipinski definition) is 1. The fourth-order valence-electron chi connectivity index (χ4n) is 1.10. The molecule has 0 saturated carbocycles. The normalized spacial score (nSPS) is 9.50. The van der Waals surface area contributed by atoms with Gasteiger partial charge in [0.2, 0.25) is 0 Å². The SMILES string of the molecule is COC(=O)COc1cccc(NC(=O)N(C)C)c1. The molecule has 0 aromatic heterocycles. The van der Waals surface area contributed by atoms with Gasteiger partial charge in [0, 0.05) is 25.8 Å². The van der Waals surface area contributed by atoms with E-state index >= 15 is 0 Å². The van der Waals surface area contributed by atoms with Crippen LogP contribution in [-0.4, -0.2) is 44.7 Å². The summed E-state index contributed by atoms with van der Waals surface area (Å²) in [5.41, 5.74) is 0.594. The Morgan fingerprint density at radius 1 is 1.33 bits per heavy atom. The van der Waals surface area contributed by atoms with Gasteiger partial charge in [0.15, 0.2) is 6.61 Å². The summed E-state index contributed by atoms with van der Waals surface area (Å²) in [5.74, 6) is 0.0229. The third-order valence-electron chi connectivity index (χ3n) is 2.08. The molecule has 0 atom stereocenters. The lowest BCUT2D eigenvalue weighted by Crippen LogP contribution is -2.27. The van der Waals surface area contributed by atoms with Crippen molar-refractivity contribution in [3.05, 3.63) is 24.3 Å². The molecule has 0 saturated heterocycles. The molecule has 0 spiro atoms. The number of ether oxygens (including phenoxy) is 2. The number of rotatable bonds is 4. The quantitative estimate of drug-likeness (QED) is 0.821. The molecule has 0 unspecified atom stereocenters. The minimum atomic E-state index is -0.460. The number of carbonyl (C=O) groups excluding carboxylic acids is 2. The third kappa shape index (κ3) is 4.32. The standard InChI is InChI=1S/C12H16N2O4/c1-14(2)12(16)13-9-5-4-6-10(7-9)18-8-11(15)17-3/h4-7H,8H2,1-3H3,(H,13,16). The number of hydrogen-bond acceptors (Lipinski definition) is 4. The zero-order valence-corrected chi connectivity index (χ0v) is 10.6. The van der Waals surface area contributed by atoms with Crippen LogP contribution in [0.3, 0.4) is 0 Å². The van der Waals surface area contributed by atoms with Crippen LogP contribution >= 0.6 is 0 Å². The van der Waals surface area contributed by atoms with Gasteiger partial charge in [0.05, 0.1) is 7.11 Å². The maximum atomic E-state index is 11.4. The van der Waals surface area contributed by atoms with E-state index in [2.05, 4.69) is 10.1 Å². The minimum Gasteiger partial charge on any atom is -0.482 e. The first-order chi connectivity index (χ1) is 8.52. The smallest absolute Gasteiger partial charge is 0.343 e. The molecule has 2 amide bonds. The zero-order valence-electron chi connectivity index (χ0n) is 10.6. The highest BCUT2D eigenvalue weighted by Crippen LogP contribution is 2.17. The molecular formula is C12H16N2O4. The average molecular weight is 252 g/mol. The average Bonchev–Trinajstić information content (AvgIpc) is 2.36. The van der Waals surface area contributed by atoms with Gasteiger partial charge in [-0.2, -0.15) is 0 Å². The van der Waals surface area contributed by atoms with Crippen LogP contribution < -0.4 is 10.1 Å². The van der Waals surface area contributed by atoms with Crippen molar-refractivity contribution in [3.63, 3.8) is 0 Å². The second kappa shape index (κ2) is 6.48. The van der Waals surface area contributed by atoms with Crippen LogP contribution in [0.1, 0.15) is 0 Å². The van der Waals surface area contributed by atoms with Gasteiger partial charge in [-0.1, -0.05) is 6.07 Å². The Kier molecular flexibility index (Phi) is 4.98. The molecule has 1 aromatic carbocycles. The van der Waals surface area contributed by atoms with E-state index in [9.17, 15) is 9.59 Å². The molecule has 0 aliphatic heterocycles. The van der Waals surface area contributed by atoms with Crippen molar-refractivity contribution in [1.29, 1.82) is 0 Å². The summed E-state index contributed by atoms with van der Waals surface area (Å²) in [4.78, 5) is 23.8. The van der Waals surface area contributed by atoms with Crippen LogP contribution in [0.2, 0.25) is 0 Å². The first kappa shape index (κ1) is 13.8. The van der Waals surface area contributed by atoms with Crippen molar-refractivity contribution in [3.8, 4) is 5.75 Å². The predicted molar refractivity (Wildman–Crippen MR) is 66.7 cm³/mol. The van der Waals surface area contributed by atoms with Gasteiger partial charge in [-0.05, 0) is 12.1 Å². The zero-order chi connectivity index (χ0) is 13.5. The van der Waals surface area contributed by atoms with Crippen LogP contribution in [-0.2, 0) is 9.53 Å². The van der Waals surface area contributed by atoms with Crippen LogP contribution in [0, 0.1) is 0 Å². The van der Waals surface area contributed by atoms with E-state index in [1.807, 2.05) is 0 Å². The number of methoxy groups -OCH3 is 1. The summed E-state index contributed by atoms with van der Waals surface area (Å²) in [7, 11) is 4.58. The molecule has 0 bridgehead atoms. The van der Waals surface area contributed by atoms with Crippen molar-refractivity contribution in [2.75, 3.05) is 33.1 Å². The molecule has 1 rings (SSSR count). The molecular weight excluding hydrogens is 236 g/mol. The topological polar surface area (TPSA) is 67.9 Å². The van der Waals surface area contributed by atoms with E-state index in [4.69, 9.17) is 4.74 Å². The van der Waals surface area contributed by atoms with Gasteiger partial charge < -0.3 is 19.7 Å². The highest BCUT2D eigenvalue weighted by Gasteiger charge is 2.06. The van der Waals surface area contributed by atoms with E-state index in [1.165, 1.54) is 12.0 Å². The number of benzene rings is 1. The van der Waals surface area contributed by atoms with Crippen LogP contribution in [0.25, 0.3) is 0 Å². The van der Waals surface area contributed by atoms with Gasteiger partial charge >= 0.3 is 12.0 Å². The number of carbonyl (C=O) groups is 2. The number of anilines is 1. The monoisotopic (exact) mass is 252 g/mol. The second-order valence-corrected chi connectivity index (χ2v) is 3.72. The number of amides is 2. The van der Waals surface area contributed by atoms with Crippen molar-refractivity contribution in [1.82, 2.24) is 4.90 Å². The highest BCUT2D eigenvalue weighted by molar-refractivity contribution is 5.89. The molecule has 0 aliphatic carbocycles. The fourth-order valence-corrected chi connectivity index (χ4v) is 1.10. The number of nitrogens with one attached hydrogen (secondary N) is 1. The number of urea groups is 1. The van der Waals surface area contributed by atoms with Crippen molar-refractivity contribution in [2.24, 2.45) is 0 Å². The number of nitrogens with zero attached hydrogens (tertiary/aromatic N) is 1. The lowest BCUT2D eigenvalue weighted by molar-refractivity contribution is -0.142. The van der Waals surface area contributed by atoms with Crippen LogP contribution in [0.4, 0.5) is 10.5 Å². The van der Waals surface area contributed by atoms with Crippen molar-refractivity contribution in [2.45, 2.75) is 0 Å². The van der Waals surface area contributed by atoms with Gasteiger partial charge in [0.1, 0.15) is 5.75 Å². The molecule has 0 heterocycles. The van der Waals surface area contributed by atoms with Gasteiger partial charge in [-0.3, -0.25) is 0 Å². The lowest BCUT2D eigenvalue weighted by atomic mass is 10.3. The Morgan fingerprint density at radius 2 is 2.06 bits per heavy atom. The van der Waals surface area contributed by atoms with Crippen LogP contribution in [0.5, 0.6) is 5.75 Å². The Hall–Kier alpha value is -2.24. The summed E-state index contributed by atoms with van der Waals surface area (Å²) >= 11 is 0. The van der Waals surface area contributed by atoms with E-state index in [1.54, 1.807) is 38.4 Å². The van der Waals surface area contributed by atoms with Crippen molar-refractivity contribution >= 4 is 17.7 Å². The molecule has 98 valence electrons. The molecule has 0 fully saturated rings. The van der Waals surface area contributed by atoms with Gasteiger partial charge in [0.25, 0.3) is 0 Å². The fraction of sp³-hybridized carbons (Fsp3) is 0.333. The summed E-state index contributed by atoms with van der Waals surface area (Å²) in [6.45, 7) is -0.165. The van der Waals surface area contributed by atoms with E-state index in [0.717, 1.165) is 0 Å². The Bertz CT molecular complexity index is 432. The first-order valence-electron chi connectivity index (χ1n) is 5.31. The Labute approximate surface area is 105 Å². The Morgan fingerprint density at radius 3 is 2.67 bits per heavy atom. The molecule has 6 heteroatoms. The van der Waals surface area contributed by atoms with Gasteiger partial charge in [-0.15, -0.1) is 0 Å². The predicted octanol–water partition coefficient (Wildman–Crippen LogP) is 1.33. The Balaban J connectivity index is 2.62. The summed E-state index contributed by atoms with van der Waals surface area (Å²) in [6, 6.07) is 6.53. The first-order valence-corrected chi connectivity index (χ1v) is 5.31. The van der Waals surface area contributed by atoms with E-state index in [-0.39, 0.29) is 12.6 Å². The van der Waals surface area contributed by atoms with E-state index < -0.39 is 5.97 Å². The molecule has 1 N–H and O–H groups in total. The molecule has 0 radical (unpaired) electrons. The summed E-state index contributed by atoms with van der Waals surface area (Å²) in [6.07, 6.45) is 0. The van der Waals surface area contributed by atoms with Gasteiger partial charge in [-0.25, -0.2) is 9.59 Å². The maximum absolute atomic E-state index is 11.4. The molecule has 6 nitrogen and oxygen atoms in total. The summed E-state index contributed by atoms with van der Waals surface area (Å²) in [5, 5.41) is 2.67. The summed E-state index contributed by atoms with van der Waals surface area (Å²) < 4.78 is 9.66. The second-order valence-electron chi connectivity index (χ2n) is 3.72. The maximum Gasteiger partial charge on any atom is 0.343 e. The number of esters is 1. The molecule has 0 aliphatic rings. The van der Waals surface area contributed by atoms with E-state index in [0.29, 0.717) is 11.4 Å². The van der Waals surface area contributed by atoms with Crippen molar-refractivity contribution < 1.29 is 19.1 Å². The highest BCUT2D eigenvalue weighted by atomic mass is 16.6. The third-order valence-corrected chi connectivity index (χ3v) is 2.08. The molecule has 1 aromatic rings. The largest absolute Gasteiger partial charge is 0.482 e.